The average molecular weight is 367 g/mol. The van der Waals surface area contributed by atoms with E-state index in [9.17, 15) is 13.6 Å². The van der Waals surface area contributed by atoms with Gasteiger partial charge in [0, 0.05) is 4.90 Å². The van der Waals surface area contributed by atoms with Crippen LogP contribution in [-0.4, -0.2) is 18.3 Å². The normalized spacial score (nSPS) is 12.8. The number of ether oxygens (including phenoxy) is 1. The number of hydrogen-bond acceptors (Lipinski definition) is 3. The maximum absolute atomic E-state index is 14.6. The van der Waals surface area contributed by atoms with E-state index in [1.54, 1.807) is 26.0 Å². The quantitative estimate of drug-likeness (QED) is 0.610. The molecule has 0 saturated carbocycles. The van der Waals surface area contributed by atoms with Gasteiger partial charge in [0.25, 0.3) is 0 Å². The molecule has 0 aliphatic heterocycles. The van der Waals surface area contributed by atoms with Gasteiger partial charge in [0.15, 0.2) is 0 Å². The van der Waals surface area contributed by atoms with Crippen LogP contribution in [0.2, 0.25) is 0 Å². The molecule has 1 atom stereocenters. The summed E-state index contributed by atoms with van der Waals surface area (Å²) in [6.07, 6.45) is 0. The van der Waals surface area contributed by atoms with E-state index >= 15 is 0 Å². The zero-order valence-corrected chi connectivity index (χ0v) is 15.7. The summed E-state index contributed by atoms with van der Waals surface area (Å²) in [6.45, 7) is 7.25. The van der Waals surface area contributed by atoms with Crippen LogP contribution in [0.15, 0.2) is 29.2 Å². The lowest BCUT2D eigenvalue weighted by molar-refractivity contribution is -0.139. The second kappa shape index (κ2) is 7.97. The van der Waals surface area contributed by atoms with Crippen LogP contribution in [0.1, 0.15) is 23.6 Å². The van der Waals surface area contributed by atoms with E-state index in [1.807, 2.05) is 13.8 Å². The van der Waals surface area contributed by atoms with Gasteiger partial charge in [0.1, 0.15) is 11.6 Å². The summed E-state index contributed by atoms with van der Waals surface area (Å²) < 4.78 is 33.0. The van der Waals surface area contributed by atoms with Crippen LogP contribution in [0.3, 0.4) is 0 Å². The van der Waals surface area contributed by atoms with E-state index in [2.05, 4.69) is 0 Å². The topological polar surface area (TPSA) is 52.3 Å². The van der Waals surface area contributed by atoms with Crippen molar-refractivity contribution in [3.8, 4) is 11.1 Å². The third-order valence-corrected chi connectivity index (χ3v) is 5.48. The molecule has 136 valence electrons. The fourth-order valence-corrected chi connectivity index (χ4v) is 4.17. The van der Waals surface area contributed by atoms with Crippen LogP contribution in [0.5, 0.6) is 0 Å². The molecule has 0 saturated heterocycles. The van der Waals surface area contributed by atoms with Crippen LogP contribution in [0, 0.1) is 32.4 Å². The lowest BCUT2D eigenvalue weighted by atomic mass is 9.94. The van der Waals surface area contributed by atoms with Gasteiger partial charge in [0.2, 0.25) is 0 Å². The van der Waals surface area contributed by atoms with Gasteiger partial charge in [-0.3, -0.25) is 9.93 Å². The van der Waals surface area contributed by atoms with Crippen molar-refractivity contribution in [3.63, 3.8) is 0 Å². The standard InChI is InChI=1S/C19H23F2NO2S/c1-5-24-17(23)10-25(22)16-9-14(6-13(4)19(16)21)18-11(2)7-15(20)8-12(18)3/h6-9,25H,5,10,22H2,1-4H3. The first-order valence-corrected chi connectivity index (χ1v) is 9.59. The number of carbonyl (C=O) groups is 1. The Bertz CT molecular complexity index is 785. The van der Waals surface area contributed by atoms with E-state index in [0.29, 0.717) is 10.5 Å². The van der Waals surface area contributed by atoms with Gasteiger partial charge < -0.3 is 4.74 Å². The number of thiol groups is 1. The lowest BCUT2D eigenvalue weighted by Crippen LogP contribution is -2.14. The number of nitrogens with two attached hydrogens (primary N) is 1. The highest BCUT2D eigenvalue weighted by Crippen LogP contribution is 2.38. The number of hydrogen-bond donors (Lipinski definition) is 2. The molecule has 2 aromatic carbocycles. The van der Waals surface area contributed by atoms with Crippen LogP contribution in [-0.2, 0) is 9.53 Å². The van der Waals surface area contributed by atoms with E-state index in [4.69, 9.17) is 9.88 Å². The molecule has 0 heterocycles. The highest BCUT2D eigenvalue weighted by molar-refractivity contribution is 8.15. The maximum Gasteiger partial charge on any atom is 0.315 e. The zero-order chi connectivity index (χ0) is 18.7. The first-order chi connectivity index (χ1) is 11.7. The second-order valence-corrected chi connectivity index (χ2v) is 7.71. The summed E-state index contributed by atoms with van der Waals surface area (Å²) in [6, 6.07) is 6.29. The van der Waals surface area contributed by atoms with Crippen molar-refractivity contribution in [2.75, 3.05) is 12.4 Å². The Morgan fingerprint density at radius 2 is 1.68 bits per heavy atom. The van der Waals surface area contributed by atoms with Crippen molar-refractivity contribution < 1.29 is 18.3 Å². The minimum absolute atomic E-state index is 0.0373. The Hall–Kier alpha value is -1.92. The summed E-state index contributed by atoms with van der Waals surface area (Å²) in [7, 11) is 0. The summed E-state index contributed by atoms with van der Waals surface area (Å²) >= 11 is -1.52. The smallest absolute Gasteiger partial charge is 0.315 e. The predicted molar refractivity (Wildman–Crippen MR) is 98.9 cm³/mol. The molecule has 0 radical (unpaired) electrons. The molecule has 2 aromatic rings. The molecule has 0 aliphatic carbocycles. The highest BCUT2D eigenvalue weighted by Gasteiger charge is 2.18. The molecule has 0 aliphatic rings. The van der Waals surface area contributed by atoms with Crippen molar-refractivity contribution in [1.29, 1.82) is 0 Å². The molecule has 25 heavy (non-hydrogen) atoms. The number of esters is 1. The summed E-state index contributed by atoms with van der Waals surface area (Å²) in [5.41, 5.74) is 3.59. The number of aryl methyl sites for hydroxylation is 3. The summed E-state index contributed by atoms with van der Waals surface area (Å²) in [5, 5.41) is 6.11. The van der Waals surface area contributed by atoms with Crippen molar-refractivity contribution >= 4 is 17.1 Å². The molecular formula is C19H23F2NO2S. The SMILES string of the molecule is CCOC(=O)C[SH](N)c1cc(-c2c(C)cc(F)cc2C)cc(C)c1F. The van der Waals surface area contributed by atoms with E-state index < -0.39 is 22.9 Å². The van der Waals surface area contributed by atoms with Gasteiger partial charge in [-0.05, 0) is 79.8 Å². The maximum atomic E-state index is 14.6. The van der Waals surface area contributed by atoms with Crippen molar-refractivity contribution in [2.45, 2.75) is 32.6 Å². The number of benzene rings is 2. The minimum Gasteiger partial charge on any atom is -0.465 e. The third kappa shape index (κ3) is 4.38. The van der Waals surface area contributed by atoms with E-state index in [0.717, 1.165) is 22.3 Å². The van der Waals surface area contributed by atoms with Gasteiger partial charge >= 0.3 is 5.97 Å². The number of carbonyl (C=O) groups excluding carboxylic acids is 1. The average Bonchev–Trinajstić information content (AvgIpc) is 2.49. The first kappa shape index (κ1) is 19.4. The van der Waals surface area contributed by atoms with Crippen LogP contribution in [0.25, 0.3) is 11.1 Å². The van der Waals surface area contributed by atoms with E-state index in [-0.39, 0.29) is 18.2 Å². The fraction of sp³-hybridized carbons (Fsp3) is 0.316. The molecular weight excluding hydrogens is 344 g/mol. The fourth-order valence-electron chi connectivity index (χ4n) is 2.90. The van der Waals surface area contributed by atoms with Crippen molar-refractivity contribution in [1.82, 2.24) is 0 Å². The Balaban J connectivity index is 2.50. The van der Waals surface area contributed by atoms with Gasteiger partial charge in [0.05, 0.1) is 12.4 Å². The van der Waals surface area contributed by atoms with Gasteiger partial charge in [-0.25, -0.2) is 8.78 Å². The lowest BCUT2D eigenvalue weighted by Gasteiger charge is -2.20. The summed E-state index contributed by atoms with van der Waals surface area (Å²) in [5.74, 6) is -1.18. The van der Waals surface area contributed by atoms with Crippen molar-refractivity contribution in [2.24, 2.45) is 5.14 Å². The third-order valence-electron chi connectivity index (χ3n) is 3.94. The summed E-state index contributed by atoms with van der Waals surface area (Å²) in [4.78, 5) is 12.0. The molecule has 0 bridgehead atoms. The first-order valence-electron chi connectivity index (χ1n) is 7.99. The second-order valence-electron chi connectivity index (χ2n) is 5.97. The van der Waals surface area contributed by atoms with Crippen LogP contribution in [0.4, 0.5) is 8.78 Å². The molecule has 0 fully saturated rings. The Labute approximate surface area is 149 Å². The molecule has 2 rings (SSSR count). The Morgan fingerprint density at radius 1 is 1.08 bits per heavy atom. The molecule has 0 spiro atoms. The molecule has 3 nitrogen and oxygen atoms in total. The van der Waals surface area contributed by atoms with Gasteiger partial charge in [-0.2, -0.15) is 11.1 Å². The molecule has 2 N–H and O–H groups in total. The Morgan fingerprint density at radius 3 is 2.24 bits per heavy atom. The number of halogens is 2. The molecule has 0 aromatic heterocycles. The molecule has 1 unspecified atom stereocenters. The predicted octanol–water partition coefficient (Wildman–Crippen LogP) is 4.35. The van der Waals surface area contributed by atoms with Crippen LogP contribution < -0.4 is 5.14 Å². The molecule has 6 heteroatoms. The molecule has 0 amide bonds. The number of rotatable bonds is 5. The minimum atomic E-state index is -1.52. The van der Waals surface area contributed by atoms with Gasteiger partial charge in [-0.15, -0.1) is 0 Å². The largest absolute Gasteiger partial charge is 0.465 e. The van der Waals surface area contributed by atoms with Crippen LogP contribution >= 0.6 is 11.1 Å². The highest BCUT2D eigenvalue weighted by atomic mass is 32.2. The van der Waals surface area contributed by atoms with Gasteiger partial charge in [-0.1, -0.05) is 0 Å². The zero-order valence-electron chi connectivity index (χ0n) is 14.8. The Kier molecular flexibility index (Phi) is 6.19. The van der Waals surface area contributed by atoms with Crippen molar-refractivity contribution in [3.05, 3.63) is 52.6 Å². The van der Waals surface area contributed by atoms with E-state index in [1.165, 1.54) is 12.1 Å². The monoisotopic (exact) mass is 367 g/mol.